The van der Waals surface area contributed by atoms with Crippen molar-refractivity contribution >= 4 is 0 Å². The lowest BCUT2D eigenvalue weighted by atomic mass is 10.1. The van der Waals surface area contributed by atoms with Gasteiger partial charge in [-0.25, -0.2) is 0 Å². The van der Waals surface area contributed by atoms with Crippen LogP contribution >= 0.6 is 0 Å². The van der Waals surface area contributed by atoms with Crippen molar-refractivity contribution in [2.24, 2.45) is 0 Å². The van der Waals surface area contributed by atoms with Crippen LogP contribution in [0.5, 0.6) is 11.5 Å². The Kier molecular flexibility index (Phi) is 7.29. The molecule has 0 unspecified atom stereocenters. The highest BCUT2D eigenvalue weighted by Gasteiger charge is 2.16. The summed E-state index contributed by atoms with van der Waals surface area (Å²) < 4.78 is 10.8. The predicted molar refractivity (Wildman–Crippen MR) is 101 cm³/mol. The fraction of sp³-hybridized carbons (Fsp3) is 0.429. The third kappa shape index (κ3) is 6.07. The summed E-state index contributed by atoms with van der Waals surface area (Å²) in [4.78, 5) is 2.27. The molecule has 0 bridgehead atoms. The molecule has 4 nitrogen and oxygen atoms in total. The van der Waals surface area contributed by atoms with E-state index in [0.29, 0.717) is 12.6 Å². The van der Waals surface area contributed by atoms with Crippen LogP contribution in [0.4, 0.5) is 0 Å². The van der Waals surface area contributed by atoms with E-state index >= 15 is 0 Å². The summed E-state index contributed by atoms with van der Waals surface area (Å²) in [6.45, 7) is 8.08. The number of nitrogens with zero attached hydrogens (tertiary/aromatic N) is 1. The van der Waals surface area contributed by atoms with E-state index in [1.807, 2.05) is 24.3 Å². The Hall–Kier alpha value is -2.04. The van der Waals surface area contributed by atoms with Gasteiger partial charge in [-0.2, -0.15) is 0 Å². The van der Waals surface area contributed by atoms with Crippen molar-refractivity contribution in [1.29, 1.82) is 0 Å². The Bertz CT molecular complexity index is 640. The maximum atomic E-state index is 10.4. The summed E-state index contributed by atoms with van der Waals surface area (Å²) in [6.07, 6.45) is -0.548. The third-order valence-corrected chi connectivity index (χ3v) is 4.31. The van der Waals surface area contributed by atoms with Crippen LogP contribution in [-0.4, -0.2) is 42.4 Å². The Morgan fingerprint density at radius 1 is 1.00 bits per heavy atom. The van der Waals surface area contributed by atoms with Gasteiger partial charge in [-0.15, -0.1) is 0 Å². The molecule has 4 heteroatoms. The Balaban J connectivity index is 1.88. The van der Waals surface area contributed by atoms with Crippen LogP contribution in [0, 0.1) is 6.92 Å². The van der Waals surface area contributed by atoms with Gasteiger partial charge in [-0.3, -0.25) is 4.90 Å². The van der Waals surface area contributed by atoms with Crippen molar-refractivity contribution in [2.45, 2.75) is 39.5 Å². The normalized spacial score (nSPS) is 12.4. The SMILES string of the molecule is COc1ccc(OC[C@H](O)CN(Cc2ccccc2C)C(C)C)cc1. The van der Waals surface area contributed by atoms with Crippen LogP contribution in [0.3, 0.4) is 0 Å². The molecule has 0 amide bonds. The van der Waals surface area contributed by atoms with Gasteiger partial charge in [0.05, 0.1) is 7.11 Å². The Labute approximate surface area is 151 Å². The second-order valence-corrected chi connectivity index (χ2v) is 6.59. The van der Waals surface area contributed by atoms with Crippen LogP contribution in [0.15, 0.2) is 48.5 Å². The molecule has 136 valence electrons. The molecule has 0 aliphatic carbocycles. The topological polar surface area (TPSA) is 41.9 Å². The lowest BCUT2D eigenvalue weighted by Crippen LogP contribution is -2.39. The van der Waals surface area contributed by atoms with Crippen molar-refractivity contribution < 1.29 is 14.6 Å². The van der Waals surface area contributed by atoms with E-state index in [4.69, 9.17) is 9.47 Å². The fourth-order valence-corrected chi connectivity index (χ4v) is 2.65. The Morgan fingerprint density at radius 3 is 2.24 bits per heavy atom. The van der Waals surface area contributed by atoms with Crippen LogP contribution in [0.2, 0.25) is 0 Å². The van der Waals surface area contributed by atoms with Crippen molar-refractivity contribution in [3.05, 3.63) is 59.7 Å². The smallest absolute Gasteiger partial charge is 0.119 e. The average molecular weight is 343 g/mol. The molecule has 0 fully saturated rings. The van der Waals surface area contributed by atoms with Gasteiger partial charge >= 0.3 is 0 Å². The van der Waals surface area contributed by atoms with E-state index in [1.54, 1.807) is 7.11 Å². The number of hydrogen-bond acceptors (Lipinski definition) is 4. The standard InChI is InChI=1S/C21H29NO3/c1-16(2)22(13-18-8-6-5-7-17(18)3)14-19(23)15-25-21-11-9-20(24-4)10-12-21/h5-12,16,19,23H,13-15H2,1-4H3/t19-/m1/s1. The molecule has 0 saturated carbocycles. The zero-order valence-corrected chi connectivity index (χ0v) is 15.6. The van der Waals surface area contributed by atoms with E-state index in [1.165, 1.54) is 11.1 Å². The molecule has 0 aliphatic rings. The van der Waals surface area contributed by atoms with E-state index < -0.39 is 6.10 Å². The summed E-state index contributed by atoms with van der Waals surface area (Å²) in [5, 5.41) is 10.4. The minimum absolute atomic E-state index is 0.267. The predicted octanol–water partition coefficient (Wildman–Crippen LogP) is 3.65. The number of benzene rings is 2. The highest BCUT2D eigenvalue weighted by Crippen LogP contribution is 2.18. The van der Waals surface area contributed by atoms with Gasteiger partial charge in [-0.1, -0.05) is 24.3 Å². The summed E-state index contributed by atoms with van der Waals surface area (Å²) in [5.41, 5.74) is 2.57. The molecule has 2 rings (SSSR count). The molecule has 0 spiro atoms. The molecule has 2 aromatic carbocycles. The zero-order chi connectivity index (χ0) is 18.2. The Morgan fingerprint density at radius 2 is 1.64 bits per heavy atom. The van der Waals surface area contributed by atoms with Crippen molar-refractivity contribution in [3.8, 4) is 11.5 Å². The molecular weight excluding hydrogens is 314 g/mol. The van der Waals surface area contributed by atoms with Gasteiger partial charge in [0, 0.05) is 19.1 Å². The number of aliphatic hydroxyl groups excluding tert-OH is 1. The van der Waals surface area contributed by atoms with Crippen LogP contribution < -0.4 is 9.47 Å². The molecule has 0 aromatic heterocycles. The first-order valence-corrected chi connectivity index (χ1v) is 8.73. The minimum Gasteiger partial charge on any atom is -0.497 e. The van der Waals surface area contributed by atoms with Crippen molar-refractivity contribution in [2.75, 3.05) is 20.3 Å². The molecule has 0 aliphatic heterocycles. The fourth-order valence-electron chi connectivity index (χ4n) is 2.65. The first kappa shape index (κ1) is 19.3. The van der Waals surface area contributed by atoms with Gasteiger partial charge in [0.15, 0.2) is 0 Å². The van der Waals surface area contributed by atoms with E-state index in [-0.39, 0.29) is 6.61 Å². The lowest BCUT2D eigenvalue weighted by molar-refractivity contribution is 0.0542. The molecule has 25 heavy (non-hydrogen) atoms. The van der Waals surface area contributed by atoms with Gasteiger partial charge in [0.1, 0.15) is 24.2 Å². The van der Waals surface area contributed by atoms with Crippen LogP contribution in [0.1, 0.15) is 25.0 Å². The second kappa shape index (κ2) is 9.44. The van der Waals surface area contributed by atoms with Crippen LogP contribution in [-0.2, 0) is 6.54 Å². The van der Waals surface area contributed by atoms with Gasteiger partial charge in [0.2, 0.25) is 0 Å². The first-order chi connectivity index (χ1) is 12.0. The highest BCUT2D eigenvalue weighted by molar-refractivity contribution is 5.31. The third-order valence-electron chi connectivity index (χ3n) is 4.31. The number of rotatable bonds is 9. The molecule has 2 aromatic rings. The molecule has 0 heterocycles. The summed E-state index contributed by atoms with van der Waals surface area (Å²) in [5.74, 6) is 1.52. The van der Waals surface area contributed by atoms with E-state index in [2.05, 4.69) is 49.9 Å². The van der Waals surface area contributed by atoms with Gasteiger partial charge in [-0.05, 0) is 56.2 Å². The lowest BCUT2D eigenvalue weighted by Gasteiger charge is -2.29. The van der Waals surface area contributed by atoms with E-state index in [9.17, 15) is 5.11 Å². The summed E-state index contributed by atoms with van der Waals surface area (Å²) >= 11 is 0. The molecular formula is C21H29NO3. The van der Waals surface area contributed by atoms with E-state index in [0.717, 1.165) is 18.0 Å². The van der Waals surface area contributed by atoms with Gasteiger partial charge in [0.25, 0.3) is 0 Å². The molecule has 0 radical (unpaired) electrons. The quantitative estimate of drug-likeness (QED) is 0.754. The highest BCUT2D eigenvalue weighted by atomic mass is 16.5. The number of ether oxygens (including phenoxy) is 2. The number of methoxy groups -OCH3 is 1. The minimum atomic E-state index is -0.548. The second-order valence-electron chi connectivity index (χ2n) is 6.59. The van der Waals surface area contributed by atoms with Crippen LogP contribution in [0.25, 0.3) is 0 Å². The molecule has 1 N–H and O–H groups in total. The molecule has 1 atom stereocenters. The maximum absolute atomic E-state index is 10.4. The number of aliphatic hydroxyl groups is 1. The first-order valence-electron chi connectivity index (χ1n) is 8.73. The zero-order valence-electron chi connectivity index (χ0n) is 15.6. The van der Waals surface area contributed by atoms with Crippen molar-refractivity contribution in [1.82, 2.24) is 4.90 Å². The molecule has 0 saturated heterocycles. The monoisotopic (exact) mass is 343 g/mol. The summed E-state index contributed by atoms with van der Waals surface area (Å²) in [6, 6.07) is 16.1. The average Bonchev–Trinajstić information content (AvgIpc) is 2.61. The van der Waals surface area contributed by atoms with Gasteiger partial charge < -0.3 is 14.6 Å². The number of hydrogen-bond donors (Lipinski definition) is 1. The summed E-state index contributed by atoms with van der Waals surface area (Å²) in [7, 11) is 1.63. The largest absolute Gasteiger partial charge is 0.497 e. The maximum Gasteiger partial charge on any atom is 0.119 e. The number of aryl methyl sites for hydroxylation is 1. The van der Waals surface area contributed by atoms with Crippen molar-refractivity contribution in [3.63, 3.8) is 0 Å².